The summed E-state index contributed by atoms with van der Waals surface area (Å²) in [4.78, 5) is 0. The number of hydrogen-bond acceptors (Lipinski definition) is 2. The van der Waals surface area contributed by atoms with Crippen molar-refractivity contribution in [3.8, 4) is 6.07 Å². The Hall–Kier alpha value is 0.150. The second-order valence-electron chi connectivity index (χ2n) is 1.29. The molecule has 0 aromatic carbocycles. The third-order valence-corrected chi connectivity index (χ3v) is 3.77. The molecule has 0 saturated carbocycles. The maximum Gasteiger partial charge on any atom is 0.0587 e. The Bertz CT molecular complexity index is 209. The zero-order chi connectivity index (χ0) is 7.98. The van der Waals surface area contributed by atoms with Gasteiger partial charge in [-0.05, 0) is 31.9 Å². The average Bonchev–Trinajstić information content (AvgIpc) is 2.19. The molecular weight excluding hydrogens is 278 g/mol. The van der Waals surface area contributed by atoms with Crippen LogP contribution in [0.5, 0.6) is 0 Å². The highest BCUT2D eigenvalue weighted by Crippen LogP contribution is 2.25. The number of nitrogens with zero attached hydrogens (tertiary/aromatic N) is 1. The van der Waals surface area contributed by atoms with Gasteiger partial charge in [-0.3, -0.25) is 0 Å². The Morgan fingerprint density at radius 3 is 1.80 bits per heavy atom. The predicted molar refractivity (Wildman–Crippen MR) is 51.0 cm³/mol. The minimum Gasteiger partial charge on any atom is -0.199 e. The summed E-state index contributed by atoms with van der Waals surface area (Å²) in [6.45, 7) is 1.43. The van der Waals surface area contributed by atoms with Gasteiger partial charge in [-0.2, -0.15) is 16.6 Å². The van der Waals surface area contributed by atoms with Crippen LogP contribution in [0.1, 0.15) is 6.92 Å². The lowest BCUT2D eigenvalue weighted by atomic mass is 10.7. The van der Waals surface area contributed by atoms with Crippen molar-refractivity contribution in [1.82, 2.24) is 0 Å². The van der Waals surface area contributed by atoms with Gasteiger partial charge in [0.25, 0.3) is 0 Å². The molecule has 1 aromatic rings. The third-order valence-electron chi connectivity index (χ3n) is 0.571. The summed E-state index contributed by atoms with van der Waals surface area (Å²) in [6, 6.07) is 1.75. The van der Waals surface area contributed by atoms with E-state index in [4.69, 9.17) is 5.26 Å². The first-order chi connectivity index (χ1) is 4.72. The topological polar surface area (TPSA) is 23.8 Å². The number of halogens is 2. The van der Waals surface area contributed by atoms with Crippen molar-refractivity contribution < 1.29 is 0 Å². The maximum absolute atomic E-state index is 7.32. The summed E-state index contributed by atoms with van der Waals surface area (Å²) in [7, 11) is 0. The van der Waals surface area contributed by atoms with Crippen LogP contribution in [0.3, 0.4) is 0 Å². The van der Waals surface area contributed by atoms with Crippen LogP contribution in [-0.4, -0.2) is 0 Å². The molecule has 0 spiro atoms. The maximum atomic E-state index is 7.32. The minimum absolute atomic E-state index is 1.14. The first-order valence-electron chi connectivity index (χ1n) is 2.40. The standard InChI is InChI=1S/C4H2Br2S.C2H3N/c5-3-1-7-2-4(3)6;1-2-3/h1-2H;1H3. The van der Waals surface area contributed by atoms with E-state index in [0.29, 0.717) is 0 Å². The van der Waals surface area contributed by atoms with Crippen LogP contribution >= 0.6 is 43.2 Å². The number of hydrogen-bond donors (Lipinski definition) is 0. The van der Waals surface area contributed by atoms with Gasteiger partial charge in [0.2, 0.25) is 0 Å². The van der Waals surface area contributed by atoms with Gasteiger partial charge in [-0.1, -0.05) is 0 Å². The molecule has 54 valence electrons. The highest BCUT2D eigenvalue weighted by atomic mass is 79.9. The van der Waals surface area contributed by atoms with Crippen molar-refractivity contribution in [2.45, 2.75) is 6.92 Å². The molecule has 0 saturated heterocycles. The molecular formula is C6H5Br2NS. The molecule has 1 nitrogen and oxygen atoms in total. The van der Waals surface area contributed by atoms with Crippen LogP contribution in [0.15, 0.2) is 19.7 Å². The molecule has 1 rings (SSSR count). The molecule has 0 amide bonds. The van der Waals surface area contributed by atoms with E-state index in [0.717, 1.165) is 8.95 Å². The van der Waals surface area contributed by atoms with Crippen LogP contribution in [0, 0.1) is 11.3 Å². The van der Waals surface area contributed by atoms with Crippen LogP contribution in [-0.2, 0) is 0 Å². The second kappa shape index (κ2) is 5.90. The molecule has 0 atom stereocenters. The summed E-state index contributed by atoms with van der Waals surface area (Å²) in [6.07, 6.45) is 0. The van der Waals surface area contributed by atoms with Gasteiger partial charge in [-0.25, -0.2) is 0 Å². The van der Waals surface area contributed by atoms with Gasteiger partial charge in [0.15, 0.2) is 0 Å². The molecule has 4 heteroatoms. The zero-order valence-corrected chi connectivity index (χ0v) is 9.25. The van der Waals surface area contributed by atoms with Gasteiger partial charge >= 0.3 is 0 Å². The predicted octanol–water partition coefficient (Wildman–Crippen LogP) is 3.80. The van der Waals surface area contributed by atoms with E-state index in [-0.39, 0.29) is 0 Å². The largest absolute Gasteiger partial charge is 0.199 e. The van der Waals surface area contributed by atoms with Gasteiger partial charge in [0.05, 0.1) is 6.07 Å². The lowest BCUT2D eigenvalue weighted by Gasteiger charge is -1.74. The normalized spacial score (nSPS) is 7.40. The van der Waals surface area contributed by atoms with Gasteiger partial charge < -0.3 is 0 Å². The molecule has 0 unspecified atom stereocenters. The molecule has 0 bridgehead atoms. The number of rotatable bonds is 0. The van der Waals surface area contributed by atoms with Crippen molar-refractivity contribution >= 4 is 43.2 Å². The van der Waals surface area contributed by atoms with E-state index < -0.39 is 0 Å². The van der Waals surface area contributed by atoms with E-state index in [9.17, 15) is 0 Å². The van der Waals surface area contributed by atoms with Crippen molar-refractivity contribution in [2.75, 3.05) is 0 Å². The molecule has 0 aliphatic heterocycles. The summed E-state index contributed by atoms with van der Waals surface area (Å²) in [5.74, 6) is 0. The van der Waals surface area contributed by atoms with Gasteiger partial charge in [0.1, 0.15) is 0 Å². The molecule has 1 heterocycles. The van der Waals surface area contributed by atoms with Gasteiger partial charge in [-0.15, -0.1) is 0 Å². The average molecular weight is 283 g/mol. The van der Waals surface area contributed by atoms with Gasteiger partial charge in [0, 0.05) is 26.6 Å². The van der Waals surface area contributed by atoms with Crippen molar-refractivity contribution in [2.24, 2.45) is 0 Å². The molecule has 1 aromatic heterocycles. The number of thiophene rings is 1. The van der Waals surface area contributed by atoms with Crippen LogP contribution in [0.2, 0.25) is 0 Å². The zero-order valence-electron chi connectivity index (χ0n) is 5.27. The summed E-state index contributed by atoms with van der Waals surface area (Å²) in [5, 5.41) is 11.4. The monoisotopic (exact) mass is 281 g/mol. The molecule has 0 N–H and O–H groups in total. The smallest absolute Gasteiger partial charge is 0.0587 e. The molecule has 10 heavy (non-hydrogen) atoms. The van der Waals surface area contributed by atoms with E-state index in [2.05, 4.69) is 31.9 Å². The van der Waals surface area contributed by atoms with Crippen molar-refractivity contribution in [3.05, 3.63) is 19.7 Å². The van der Waals surface area contributed by atoms with E-state index in [1.807, 2.05) is 10.8 Å². The minimum atomic E-state index is 1.14. The van der Waals surface area contributed by atoms with Crippen LogP contribution < -0.4 is 0 Å². The molecule has 0 fully saturated rings. The summed E-state index contributed by atoms with van der Waals surface area (Å²) in [5.41, 5.74) is 0. The fourth-order valence-electron chi connectivity index (χ4n) is 0.266. The van der Waals surface area contributed by atoms with Crippen molar-refractivity contribution in [3.63, 3.8) is 0 Å². The molecule has 0 aliphatic carbocycles. The van der Waals surface area contributed by atoms with E-state index >= 15 is 0 Å². The first kappa shape index (κ1) is 10.2. The summed E-state index contributed by atoms with van der Waals surface area (Å²) >= 11 is 8.33. The quantitative estimate of drug-likeness (QED) is 0.710. The SMILES string of the molecule is Brc1cscc1Br.CC#N. The highest BCUT2D eigenvalue weighted by Gasteiger charge is 1.91. The summed E-state index contributed by atoms with van der Waals surface area (Å²) < 4.78 is 2.27. The fourth-order valence-corrected chi connectivity index (χ4v) is 2.01. The van der Waals surface area contributed by atoms with Crippen LogP contribution in [0.25, 0.3) is 0 Å². The fraction of sp³-hybridized carbons (Fsp3) is 0.167. The third kappa shape index (κ3) is 4.04. The molecule has 0 radical (unpaired) electrons. The number of nitriles is 1. The Morgan fingerprint density at radius 1 is 1.40 bits per heavy atom. The Labute approximate surface area is 80.9 Å². The second-order valence-corrected chi connectivity index (χ2v) is 3.74. The van der Waals surface area contributed by atoms with Crippen molar-refractivity contribution in [1.29, 1.82) is 5.26 Å². The lowest BCUT2D eigenvalue weighted by Crippen LogP contribution is -1.46. The van der Waals surface area contributed by atoms with E-state index in [1.165, 1.54) is 6.92 Å². The lowest BCUT2D eigenvalue weighted by molar-refractivity contribution is 1.49. The first-order valence-corrected chi connectivity index (χ1v) is 4.93. The molecule has 0 aliphatic rings. The van der Waals surface area contributed by atoms with Crippen LogP contribution in [0.4, 0.5) is 0 Å². The highest BCUT2D eigenvalue weighted by molar-refractivity contribution is 9.13. The van der Waals surface area contributed by atoms with E-state index in [1.54, 1.807) is 17.4 Å². The Balaban J connectivity index is 0.000000236. The Morgan fingerprint density at radius 2 is 1.70 bits per heavy atom. The Kier molecular flexibility index (Phi) is 5.99.